The van der Waals surface area contributed by atoms with Crippen LogP contribution in [-0.2, 0) is 0 Å². The van der Waals surface area contributed by atoms with Crippen LogP contribution in [0.5, 0.6) is 0 Å². The number of hydrogen-bond acceptors (Lipinski definition) is 0. The highest BCUT2D eigenvalue weighted by Gasteiger charge is 1.95. The Balaban J connectivity index is -0.0000000470. The van der Waals surface area contributed by atoms with E-state index in [1.165, 1.54) is 33.4 Å². The van der Waals surface area contributed by atoms with Gasteiger partial charge in [-0.15, -0.1) is 0 Å². The summed E-state index contributed by atoms with van der Waals surface area (Å²) in [6, 6.07) is 0. The van der Waals surface area contributed by atoms with Gasteiger partial charge in [0.2, 0.25) is 0 Å². The van der Waals surface area contributed by atoms with E-state index < -0.39 is 0 Å². The summed E-state index contributed by atoms with van der Waals surface area (Å²) >= 11 is 0. The van der Waals surface area contributed by atoms with Crippen LogP contribution in [0.15, 0.2) is 33.4 Å². The lowest BCUT2D eigenvalue weighted by Crippen LogP contribution is -1.93. The summed E-state index contributed by atoms with van der Waals surface area (Å²) in [7, 11) is 0. The maximum atomic E-state index is 2.19. The molecule has 0 unspecified atom stereocenters. The number of hydrogen-bond donors (Lipinski definition) is 0. The lowest BCUT2D eigenvalue weighted by molar-refractivity contribution is 0.469. The summed E-state index contributed by atoms with van der Waals surface area (Å²) in [5.41, 5.74) is 9.06. The first-order valence-electron chi connectivity index (χ1n) is 8.75. The molecule has 0 aliphatic carbocycles. The van der Waals surface area contributed by atoms with E-state index in [0.717, 1.165) is 0 Å². The quantitative estimate of drug-likeness (QED) is 0.378. The Morgan fingerprint density at radius 1 is 0.320 bits per heavy atom. The number of allylic oxidation sites excluding steroid dienone is 6. The summed E-state index contributed by atoms with van der Waals surface area (Å²) in [4.78, 5) is 0. The van der Waals surface area contributed by atoms with Crippen molar-refractivity contribution in [2.24, 2.45) is 5.41 Å². The fraction of sp³-hybridized carbons (Fsp3) is 0.760. The Morgan fingerprint density at radius 3 is 0.360 bits per heavy atom. The van der Waals surface area contributed by atoms with Crippen molar-refractivity contribution < 1.29 is 0 Å². The van der Waals surface area contributed by atoms with E-state index in [9.17, 15) is 0 Å². The van der Waals surface area contributed by atoms with Crippen molar-refractivity contribution in [2.75, 3.05) is 0 Å². The molecule has 0 aliphatic heterocycles. The molecule has 0 saturated carbocycles. The van der Waals surface area contributed by atoms with Crippen molar-refractivity contribution in [3.63, 3.8) is 0 Å². The van der Waals surface area contributed by atoms with Gasteiger partial charge in [0.1, 0.15) is 0 Å². The smallest absolute Gasteiger partial charge is 0.0411 e. The van der Waals surface area contributed by atoms with E-state index in [1.54, 1.807) is 0 Å². The first-order valence-corrected chi connectivity index (χ1v) is 8.75. The largest absolute Gasteiger partial charge is 0.0778 e. The average Bonchev–Trinajstić information content (AvgIpc) is 2.27. The van der Waals surface area contributed by atoms with Crippen LogP contribution in [0.1, 0.15) is 126 Å². The molecular weight excluding hydrogens is 300 g/mol. The SMILES string of the molecule is C.C.CC(C)(C)C.CC(C)=C(C)C.CC(C)=C(C)C.CC(C)=C(C)C. The molecule has 0 nitrogen and oxygen atoms in total. The van der Waals surface area contributed by atoms with Gasteiger partial charge in [0.05, 0.1) is 0 Å². The highest BCUT2D eigenvalue weighted by Crippen LogP contribution is 2.08. The van der Waals surface area contributed by atoms with Crippen molar-refractivity contribution in [3.8, 4) is 0 Å². The highest BCUT2D eigenvalue weighted by atomic mass is 14.0. The van der Waals surface area contributed by atoms with Crippen LogP contribution in [0.2, 0.25) is 0 Å². The minimum Gasteiger partial charge on any atom is -0.0778 e. The minimum atomic E-state index is 0. The van der Waals surface area contributed by atoms with Crippen LogP contribution >= 0.6 is 0 Å². The first-order chi connectivity index (χ1) is 9.93. The van der Waals surface area contributed by atoms with Crippen molar-refractivity contribution >= 4 is 0 Å². The van der Waals surface area contributed by atoms with E-state index in [4.69, 9.17) is 0 Å². The molecule has 0 N–H and O–H groups in total. The summed E-state index contributed by atoms with van der Waals surface area (Å²) in [6.07, 6.45) is 0. The van der Waals surface area contributed by atoms with Gasteiger partial charge in [-0.2, -0.15) is 0 Å². The van der Waals surface area contributed by atoms with Gasteiger partial charge in [-0.1, -0.05) is 76.0 Å². The van der Waals surface area contributed by atoms with Gasteiger partial charge in [-0.25, -0.2) is 0 Å². The predicted molar refractivity (Wildman–Crippen MR) is 128 cm³/mol. The molecule has 0 fully saturated rings. The molecule has 0 radical (unpaired) electrons. The van der Waals surface area contributed by atoms with Crippen LogP contribution in [0.4, 0.5) is 0 Å². The third-order valence-electron chi connectivity index (χ3n) is 3.00. The second-order valence-corrected chi connectivity index (χ2v) is 9.00. The second-order valence-electron chi connectivity index (χ2n) is 9.00. The standard InChI is InChI=1S/3C6H12.C5H12.2CH4/c3*1-5(2)6(3)4;1-5(2,3)4;;/h3*1-4H3;1-4H3;2*1H4. The van der Waals surface area contributed by atoms with Gasteiger partial charge < -0.3 is 0 Å². The van der Waals surface area contributed by atoms with Crippen molar-refractivity contribution in [1.29, 1.82) is 0 Å². The summed E-state index contributed by atoms with van der Waals surface area (Å²) < 4.78 is 0. The topological polar surface area (TPSA) is 0 Å². The first kappa shape index (κ1) is 39.3. The minimum absolute atomic E-state index is 0. The summed E-state index contributed by atoms with van der Waals surface area (Å²) in [5.74, 6) is 0. The Labute approximate surface area is 164 Å². The molecule has 0 spiro atoms. The maximum absolute atomic E-state index is 2.19. The molecule has 25 heavy (non-hydrogen) atoms. The molecule has 0 aromatic carbocycles. The zero-order chi connectivity index (χ0) is 20.0. The fourth-order valence-electron chi connectivity index (χ4n) is 0. The van der Waals surface area contributed by atoms with Crippen molar-refractivity contribution in [2.45, 2.75) is 126 Å². The molecule has 0 atom stereocenters. The van der Waals surface area contributed by atoms with Gasteiger partial charge in [-0.05, 0) is 88.5 Å². The van der Waals surface area contributed by atoms with Gasteiger partial charge in [0.25, 0.3) is 0 Å². The predicted octanol–water partition coefficient (Wildman–Crippen LogP) is 10.4. The Bertz CT molecular complexity index is 266. The third-order valence-corrected chi connectivity index (χ3v) is 3.00. The molecule has 0 aromatic heterocycles. The van der Waals surface area contributed by atoms with Crippen LogP contribution < -0.4 is 0 Å². The van der Waals surface area contributed by atoms with Gasteiger partial charge >= 0.3 is 0 Å². The lowest BCUT2D eigenvalue weighted by atomic mass is 10.0. The number of rotatable bonds is 0. The third kappa shape index (κ3) is 83.1. The molecular formula is C25H56. The second kappa shape index (κ2) is 21.3. The lowest BCUT2D eigenvalue weighted by Gasteiger charge is -2.05. The van der Waals surface area contributed by atoms with Gasteiger partial charge in [0.15, 0.2) is 0 Å². The van der Waals surface area contributed by atoms with Gasteiger partial charge in [0, 0.05) is 0 Å². The molecule has 0 rings (SSSR count). The van der Waals surface area contributed by atoms with E-state index in [1.807, 2.05) is 0 Å². The molecule has 0 amide bonds. The van der Waals surface area contributed by atoms with Crippen LogP contribution in [-0.4, -0.2) is 0 Å². The highest BCUT2D eigenvalue weighted by molar-refractivity contribution is 5.03. The van der Waals surface area contributed by atoms with E-state index in [2.05, 4.69) is 111 Å². The average molecular weight is 357 g/mol. The van der Waals surface area contributed by atoms with Crippen LogP contribution in [0.3, 0.4) is 0 Å². The normalized spacial score (nSPS) is 8.16. The van der Waals surface area contributed by atoms with Crippen molar-refractivity contribution in [1.82, 2.24) is 0 Å². The fourth-order valence-corrected chi connectivity index (χ4v) is 0. The molecule has 0 heterocycles. The molecule has 0 bridgehead atoms. The molecule has 0 aromatic rings. The van der Waals surface area contributed by atoms with Gasteiger partial charge in [-0.3, -0.25) is 0 Å². The monoisotopic (exact) mass is 356 g/mol. The summed E-state index contributed by atoms with van der Waals surface area (Å²) in [6.45, 7) is 34.2. The molecule has 0 heteroatoms. The Morgan fingerprint density at radius 2 is 0.360 bits per heavy atom. The zero-order valence-electron chi connectivity index (χ0n) is 19.5. The van der Waals surface area contributed by atoms with Crippen molar-refractivity contribution in [3.05, 3.63) is 33.4 Å². The van der Waals surface area contributed by atoms with E-state index in [0.29, 0.717) is 5.41 Å². The van der Waals surface area contributed by atoms with Crippen LogP contribution in [0, 0.1) is 5.41 Å². The molecule has 0 saturated heterocycles. The summed E-state index contributed by atoms with van der Waals surface area (Å²) in [5, 5.41) is 0. The Kier molecular flexibility index (Phi) is 33.5. The molecule has 0 aliphatic rings. The van der Waals surface area contributed by atoms with E-state index in [-0.39, 0.29) is 14.9 Å². The Hall–Kier alpha value is -0.780. The maximum Gasteiger partial charge on any atom is -0.0411 e. The van der Waals surface area contributed by atoms with Crippen LogP contribution in [0.25, 0.3) is 0 Å². The van der Waals surface area contributed by atoms with E-state index >= 15 is 0 Å². The zero-order valence-corrected chi connectivity index (χ0v) is 19.5. The molecule has 156 valence electrons.